The van der Waals surface area contributed by atoms with E-state index in [1.807, 2.05) is 0 Å². The van der Waals surface area contributed by atoms with Crippen LogP contribution in [0.15, 0.2) is 18.2 Å². The molecule has 1 aliphatic rings. The van der Waals surface area contributed by atoms with E-state index in [-0.39, 0.29) is 0 Å². The minimum atomic E-state index is -3.24. The molecule has 0 amide bonds. The first kappa shape index (κ1) is 12.2. The molecule has 1 saturated carbocycles. The Morgan fingerprint density at radius 2 is 1.94 bits per heavy atom. The lowest BCUT2D eigenvalue weighted by Gasteiger charge is -2.17. The third kappa shape index (κ3) is 2.51. The standard InChI is InChI=1S/C10H11Cl2NO2S/c1-16(14,15)13-10(4-5-10)8-3-2-7(11)6-9(8)12/h2-3,6,13H,4-5H2,1H3. The summed E-state index contributed by atoms with van der Waals surface area (Å²) in [6.07, 6.45) is 2.68. The predicted molar refractivity (Wildman–Crippen MR) is 65.4 cm³/mol. The molecule has 88 valence electrons. The maximum Gasteiger partial charge on any atom is 0.209 e. The average Bonchev–Trinajstić information content (AvgIpc) is 2.81. The van der Waals surface area contributed by atoms with E-state index in [0.717, 1.165) is 24.7 Å². The molecule has 1 N–H and O–H groups in total. The zero-order valence-corrected chi connectivity index (χ0v) is 11.0. The van der Waals surface area contributed by atoms with Crippen LogP contribution in [0.3, 0.4) is 0 Å². The third-order valence-electron chi connectivity index (χ3n) is 2.58. The summed E-state index contributed by atoms with van der Waals surface area (Å²) >= 11 is 11.9. The second kappa shape index (κ2) is 3.88. The maximum absolute atomic E-state index is 11.3. The lowest BCUT2D eigenvalue weighted by atomic mass is 10.1. The van der Waals surface area contributed by atoms with Crippen molar-refractivity contribution >= 4 is 33.2 Å². The van der Waals surface area contributed by atoms with Crippen molar-refractivity contribution < 1.29 is 8.42 Å². The summed E-state index contributed by atoms with van der Waals surface area (Å²) in [6.45, 7) is 0. The molecule has 1 aliphatic carbocycles. The highest BCUT2D eigenvalue weighted by molar-refractivity contribution is 7.88. The molecule has 0 heterocycles. The number of benzene rings is 1. The normalized spacial score (nSPS) is 18.4. The molecule has 0 radical (unpaired) electrons. The van der Waals surface area contributed by atoms with Crippen LogP contribution in [-0.2, 0) is 15.6 Å². The van der Waals surface area contributed by atoms with Crippen LogP contribution in [0.5, 0.6) is 0 Å². The van der Waals surface area contributed by atoms with Gasteiger partial charge in [0, 0.05) is 10.0 Å². The zero-order valence-electron chi connectivity index (χ0n) is 8.63. The van der Waals surface area contributed by atoms with E-state index in [1.54, 1.807) is 18.2 Å². The Morgan fingerprint density at radius 3 is 2.38 bits per heavy atom. The van der Waals surface area contributed by atoms with Crippen LogP contribution < -0.4 is 4.72 Å². The highest BCUT2D eigenvalue weighted by Crippen LogP contribution is 2.48. The second-order valence-corrected chi connectivity index (χ2v) is 6.67. The van der Waals surface area contributed by atoms with E-state index in [1.165, 1.54) is 0 Å². The average molecular weight is 280 g/mol. The lowest BCUT2D eigenvalue weighted by Crippen LogP contribution is -2.34. The summed E-state index contributed by atoms with van der Waals surface area (Å²) in [5.74, 6) is 0. The number of halogens is 2. The van der Waals surface area contributed by atoms with Gasteiger partial charge in [0.1, 0.15) is 0 Å². The molecule has 16 heavy (non-hydrogen) atoms. The number of hydrogen-bond acceptors (Lipinski definition) is 2. The Balaban J connectivity index is 2.37. The highest BCUT2D eigenvalue weighted by atomic mass is 35.5. The van der Waals surface area contributed by atoms with Gasteiger partial charge in [-0.15, -0.1) is 0 Å². The second-order valence-electron chi connectivity index (χ2n) is 4.08. The van der Waals surface area contributed by atoms with Crippen LogP contribution >= 0.6 is 23.2 Å². The van der Waals surface area contributed by atoms with Gasteiger partial charge in [0.05, 0.1) is 11.8 Å². The molecule has 0 unspecified atom stereocenters. The molecule has 6 heteroatoms. The van der Waals surface area contributed by atoms with E-state index in [0.29, 0.717) is 10.0 Å². The Kier molecular flexibility index (Phi) is 2.95. The van der Waals surface area contributed by atoms with Crippen LogP contribution in [0.1, 0.15) is 18.4 Å². The van der Waals surface area contributed by atoms with Crippen molar-refractivity contribution in [2.24, 2.45) is 0 Å². The lowest BCUT2D eigenvalue weighted by molar-refractivity contribution is 0.557. The number of sulfonamides is 1. The van der Waals surface area contributed by atoms with E-state index in [4.69, 9.17) is 23.2 Å². The predicted octanol–water partition coefficient (Wildman–Crippen LogP) is 2.53. The number of hydrogen-bond donors (Lipinski definition) is 1. The topological polar surface area (TPSA) is 46.2 Å². The van der Waals surface area contributed by atoms with Gasteiger partial charge in [-0.3, -0.25) is 0 Å². The SMILES string of the molecule is CS(=O)(=O)NC1(c2ccc(Cl)cc2Cl)CC1. The van der Waals surface area contributed by atoms with Crippen LogP contribution in [0.25, 0.3) is 0 Å². The Hall–Kier alpha value is -0.290. The van der Waals surface area contributed by atoms with Gasteiger partial charge in [0.2, 0.25) is 10.0 Å². The molecule has 0 spiro atoms. The van der Waals surface area contributed by atoms with Gasteiger partial charge >= 0.3 is 0 Å². The van der Waals surface area contributed by atoms with Gasteiger partial charge in [-0.2, -0.15) is 0 Å². The van der Waals surface area contributed by atoms with Gasteiger partial charge in [0.25, 0.3) is 0 Å². The van der Waals surface area contributed by atoms with Gasteiger partial charge in [-0.05, 0) is 30.5 Å². The summed E-state index contributed by atoms with van der Waals surface area (Å²) in [5.41, 5.74) is 0.277. The Morgan fingerprint density at radius 1 is 1.31 bits per heavy atom. The zero-order chi connectivity index (χ0) is 12.0. The van der Waals surface area contributed by atoms with Crippen LogP contribution in [0, 0.1) is 0 Å². The Bertz CT molecular complexity index is 524. The molecule has 0 bridgehead atoms. The number of nitrogens with one attached hydrogen (secondary N) is 1. The highest BCUT2D eigenvalue weighted by Gasteiger charge is 2.47. The monoisotopic (exact) mass is 279 g/mol. The molecule has 0 aliphatic heterocycles. The van der Waals surface area contributed by atoms with Crippen LogP contribution in [0.4, 0.5) is 0 Å². The smallest absolute Gasteiger partial charge is 0.209 e. The molecule has 0 aromatic heterocycles. The van der Waals surface area contributed by atoms with Crippen molar-refractivity contribution in [3.8, 4) is 0 Å². The Labute approximate surface area is 105 Å². The van der Waals surface area contributed by atoms with Crippen molar-refractivity contribution in [1.82, 2.24) is 4.72 Å². The molecule has 0 atom stereocenters. The van der Waals surface area contributed by atoms with Gasteiger partial charge < -0.3 is 0 Å². The number of rotatable bonds is 3. The summed E-state index contributed by atoms with van der Waals surface area (Å²) in [7, 11) is -3.24. The van der Waals surface area contributed by atoms with E-state index >= 15 is 0 Å². The van der Waals surface area contributed by atoms with Gasteiger partial charge in [-0.1, -0.05) is 29.3 Å². The van der Waals surface area contributed by atoms with Crippen LogP contribution in [-0.4, -0.2) is 14.7 Å². The first-order chi connectivity index (χ1) is 7.32. The first-order valence-electron chi connectivity index (χ1n) is 4.77. The summed E-state index contributed by atoms with van der Waals surface area (Å²) < 4.78 is 25.1. The molecule has 1 fully saturated rings. The fraction of sp³-hybridized carbons (Fsp3) is 0.400. The van der Waals surface area contributed by atoms with E-state index < -0.39 is 15.6 Å². The van der Waals surface area contributed by atoms with Crippen molar-refractivity contribution in [2.45, 2.75) is 18.4 Å². The summed E-state index contributed by atoms with van der Waals surface area (Å²) in [6, 6.07) is 5.12. The molecule has 2 rings (SSSR count). The van der Waals surface area contributed by atoms with Crippen molar-refractivity contribution in [1.29, 1.82) is 0 Å². The first-order valence-corrected chi connectivity index (χ1v) is 7.42. The van der Waals surface area contributed by atoms with Crippen molar-refractivity contribution in [2.75, 3.05) is 6.26 Å². The molecule has 3 nitrogen and oxygen atoms in total. The summed E-state index contributed by atoms with van der Waals surface area (Å²) in [5, 5.41) is 1.05. The minimum absolute atomic E-state index is 0.501. The largest absolute Gasteiger partial charge is 0.213 e. The van der Waals surface area contributed by atoms with Gasteiger partial charge in [0.15, 0.2) is 0 Å². The quantitative estimate of drug-likeness (QED) is 0.924. The van der Waals surface area contributed by atoms with E-state index in [9.17, 15) is 8.42 Å². The maximum atomic E-state index is 11.3. The molecule has 1 aromatic carbocycles. The van der Waals surface area contributed by atoms with Crippen LogP contribution in [0.2, 0.25) is 10.0 Å². The fourth-order valence-electron chi connectivity index (χ4n) is 1.78. The summed E-state index contributed by atoms with van der Waals surface area (Å²) in [4.78, 5) is 0. The minimum Gasteiger partial charge on any atom is -0.213 e. The van der Waals surface area contributed by atoms with Crippen molar-refractivity contribution in [3.63, 3.8) is 0 Å². The van der Waals surface area contributed by atoms with Gasteiger partial charge in [-0.25, -0.2) is 13.1 Å². The third-order valence-corrected chi connectivity index (χ3v) is 3.89. The molecule has 1 aromatic rings. The van der Waals surface area contributed by atoms with Crippen molar-refractivity contribution in [3.05, 3.63) is 33.8 Å². The molecule has 0 saturated heterocycles. The molecular weight excluding hydrogens is 269 g/mol. The molecular formula is C10H11Cl2NO2S. The van der Waals surface area contributed by atoms with E-state index in [2.05, 4.69) is 4.72 Å². The fourth-order valence-corrected chi connectivity index (χ4v) is 3.40.